The standard InChI is InChI=1S/C18H12F3N3O/c19-18(20,21)14-4-8-17(24-11-14)25-15-5-2-13(3-6-15)16-7-1-12(9-22)10-23-16/h1-8,11,23H,10H2. The molecule has 0 radical (unpaired) electrons. The summed E-state index contributed by atoms with van der Waals surface area (Å²) in [7, 11) is 0. The first kappa shape index (κ1) is 16.6. The monoisotopic (exact) mass is 343 g/mol. The van der Waals surface area contributed by atoms with Crippen molar-refractivity contribution in [2.45, 2.75) is 6.18 Å². The summed E-state index contributed by atoms with van der Waals surface area (Å²) < 4.78 is 43.0. The molecule has 4 nitrogen and oxygen atoms in total. The van der Waals surface area contributed by atoms with E-state index in [-0.39, 0.29) is 5.88 Å². The molecule has 0 fully saturated rings. The number of aromatic nitrogens is 1. The normalized spacial score (nSPS) is 14.0. The Morgan fingerprint density at radius 2 is 1.84 bits per heavy atom. The van der Waals surface area contributed by atoms with Gasteiger partial charge in [0, 0.05) is 23.5 Å². The summed E-state index contributed by atoms with van der Waals surface area (Å²) in [6.45, 7) is 0.468. The number of nitrogens with zero attached hydrogens (tertiary/aromatic N) is 2. The van der Waals surface area contributed by atoms with Crippen LogP contribution in [0, 0.1) is 11.3 Å². The summed E-state index contributed by atoms with van der Waals surface area (Å²) in [5.74, 6) is 0.540. The van der Waals surface area contributed by atoms with Crippen LogP contribution in [0.1, 0.15) is 11.1 Å². The Bertz CT molecular complexity index is 860. The van der Waals surface area contributed by atoms with Crippen molar-refractivity contribution in [3.8, 4) is 17.7 Å². The highest BCUT2D eigenvalue weighted by atomic mass is 19.4. The Kier molecular flexibility index (Phi) is 4.44. The number of pyridine rings is 1. The number of alkyl halides is 3. The van der Waals surface area contributed by atoms with Crippen LogP contribution in [0.3, 0.4) is 0 Å². The molecular formula is C18H12F3N3O. The van der Waals surface area contributed by atoms with E-state index in [9.17, 15) is 13.2 Å². The first-order valence-corrected chi connectivity index (χ1v) is 7.32. The number of dihydropyridines is 1. The molecule has 0 unspecified atom stereocenters. The molecule has 0 aliphatic carbocycles. The van der Waals surface area contributed by atoms with Crippen LogP contribution >= 0.6 is 0 Å². The van der Waals surface area contributed by atoms with Crippen molar-refractivity contribution in [2.24, 2.45) is 0 Å². The van der Waals surface area contributed by atoms with Crippen LogP contribution in [-0.4, -0.2) is 11.5 Å². The molecule has 25 heavy (non-hydrogen) atoms. The largest absolute Gasteiger partial charge is 0.439 e. The molecule has 2 heterocycles. The second-order valence-electron chi connectivity index (χ2n) is 5.25. The van der Waals surface area contributed by atoms with Crippen molar-refractivity contribution in [2.75, 3.05) is 6.54 Å². The molecule has 3 rings (SSSR count). The highest BCUT2D eigenvalue weighted by Gasteiger charge is 2.30. The Morgan fingerprint density at radius 1 is 1.08 bits per heavy atom. The number of nitrogens with one attached hydrogen (secondary N) is 1. The molecule has 0 saturated carbocycles. The summed E-state index contributed by atoms with van der Waals surface area (Å²) in [5, 5.41) is 12.0. The van der Waals surface area contributed by atoms with Crippen molar-refractivity contribution in [1.29, 1.82) is 5.26 Å². The van der Waals surface area contributed by atoms with Crippen molar-refractivity contribution >= 4 is 5.70 Å². The number of hydrogen-bond donors (Lipinski definition) is 1. The maximum atomic E-state index is 12.5. The number of ether oxygens (including phenoxy) is 1. The molecule has 1 aliphatic heterocycles. The molecule has 0 amide bonds. The van der Waals surface area contributed by atoms with Crippen molar-refractivity contribution < 1.29 is 17.9 Å². The number of halogens is 3. The topological polar surface area (TPSA) is 57.9 Å². The second kappa shape index (κ2) is 6.69. The lowest BCUT2D eigenvalue weighted by Crippen LogP contribution is -2.17. The van der Waals surface area contributed by atoms with Gasteiger partial charge < -0.3 is 10.1 Å². The number of rotatable bonds is 3. The van der Waals surface area contributed by atoms with Gasteiger partial charge in [0.1, 0.15) is 5.75 Å². The third-order valence-corrected chi connectivity index (χ3v) is 3.52. The quantitative estimate of drug-likeness (QED) is 0.903. The van der Waals surface area contributed by atoms with E-state index in [0.29, 0.717) is 17.9 Å². The van der Waals surface area contributed by atoms with E-state index in [4.69, 9.17) is 10.00 Å². The molecule has 0 atom stereocenters. The minimum absolute atomic E-state index is 0.0809. The van der Waals surface area contributed by atoms with Gasteiger partial charge in [-0.3, -0.25) is 0 Å². The minimum atomic E-state index is -4.42. The fraction of sp³-hybridized carbons (Fsp3) is 0.111. The molecule has 2 aromatic rings. The molecule has 1 aromatic carbocycles. The molecular weight excluding hydrogens is 331 g/mol. The molecule has 1 aliphatic rings. The first-order chi connectivity index (χ1) is 12.0. The Hall–Kier alpha value is -3.27. The number of hydrogen-bond acceptors (Lipinski definition) is 4. The predicted molar refractivity (Wildman–Crippen MR) is 85.4 cm³/mol. The molecule has 7 heteroatoms. The summed E-state index contributed by atoms with van der Waals surface area (Å²) in [6.07, 6.45) is -0.120. The lowest BCUT2D eigenvalue weighted by atomic mass is 10.1. The Morgan fingerprint density at radius 3 is 2.36 bits per heavy atom. The third-order valence-electron chi connectivity index (χ3n) is 3.52. The van der Waals surface area contributed by atoms with E-state index in [0.717, 1.165) is 23.5 Å². The molecule has 126 valence electrons. The Labute approximate surface area is 141 Å². The van der Waals surface area contributed by atoms with Crippen LogP contribution in [0.25, 0.3) is 5.70 Å². The van der Waals surface area contributed by atoms with Crippen molar-refractivity contribution in [3.63, 3.8) is 0 Å². The van der Waals surface area contributed by atoms with Gasteiger partial charge in [0.25, 0.3) is 0 Å². The van der Waals surface area contributed by atoms with Gasteiger partial charge in [-0.1, -0.05) is 0 Å². The molecule has 0 bridgehead atoms. The predicted octanol–water partition coefficient (Wildman–Crippen LogP) is 4.29. The summed E-state index contributed by atoms with van der Waals surface area (Å²) in [6, 6.07) is 11.2. The van der Waals surface area contributed by atoms with Gasteiger partial charge in [-0.25, -0.2) is 4.98 Å². The first-order valence-electron chi connectivity index (χ1n) is 7.32. The zero-order valence-electron chi connectivity index (χ0n) is 12.8. The fourth-order valence-electron chi connectivity index (χ4n) is 2.20. The number of benzene rings is 1. The molecule has 1 N–H and O–H groups in total. The van der Waals surface area contributed by atoms with E-state index in [1.54, 1.807) is 18.2 Å². The van der Waals surface area contributed by atoms with Gasteiger partial charge in [-0.2, -0.15) is 18.4 Å². The minimum Gasteiger partial charge on any atom is -0.439 e. The highest BCUT2D eigenvalue weighted by molar-refractivity contribution is 5.68. The molecule has 0 saturated heterocycles. The van der Waals surface area contributed by atoms with E-state index >= 15 is 0 Å². The SMILES string of the molecule is N#CC1=CC=C(c2ccc(Oc3ccc(C(F)(F)F)cn3)cc2)NC1. The van der Waals surface area contributed by atoms with Gasteiger partial charge in [0.05, 0.1) is 18.2 Å². The van der Waals surface area contributed by atoms with Gasteiger partial charge in [0.15, 0.2) is 0 Å². The zero-order chi connectivity index (χ0) is 17.9. The smallest absolute Gasteiger partial charge is 0.417 e. The van der Waals surface area contributed by atoms with Gasteiger partial charge in [-0.15, -0.1) is 0 Å². The van der Waals surface area contributed by atoms with Gasteiger partial charge in [-0.05, 0) is 48.0 Å². The number of nitriles is 1. The highest BCUT2D eigenvalue weighted by Crippen LogP contribution is 2.30. The van der Waals surface area contributed by atoms with Crippen molar-refractivity contribution in [3.05, 3.63) is 71.4 Å². The lowest BCUT2D eigenvalue weighted by molar-refractivity contribution is -0.137. The van der Waals surface area contributed by atoms with Crippen molar-refractivity contribution in [1.82, 2.24) is 10.3 Å². The van der Waals surface area contributed by atoms with Crippen LogP contribution in [0.15, 0.2) is 60.3 Å². The fourth-order valence-corrected chi connectivity index (χ4v) is 2.20. The van der Waals surface area contributed by atoms with E-state index in [1.165, 1.54) is 6.07 Å². The van der Waals surface area contributed by atoms with Crippen LogP contribution in [0.4, 0.5) is 13.2 Å². The molecule has 0 spiro atoms. The second-order valence-corrected chi connectivity index (χ2v) is 5.25. The van der Waals surface area contributed by atoms with Gasteiger partial charge in [0.2, 0.25) is 5.88 Å². The third kappa shape index (κ3) is 3.98. The van der Waals surface area contributed by atoms with Gasteiger partial charge >= 0.3 is 6.18 Å². The summed E-state index contributed by atoms with van der Waals surface area (Å²) >= 11 is 0. The molecule has 1 aromatic heterocycles. The number of allylic oxidation sites excluding steroid dienone is 2. The van der Waals surface area contributed by atoms with Crippen LogP contribution in [0.5, 0.6) is 11.6 Å². The summed E-state index contributed by atoms with van der Waals surface area (Å²) in [5.41, 5.74) is 1.60. The van der Waals surface area contributed by atoms with Crippen LogP contribution < -0.4 is 10.1 Å². The zero-order valence-corrected chi connectivity index (χ0v) is 12.8. The van der Waals surface area contributed by atoms with E-state index in [2.05, 4.69) is 16.4 Å². The van der Waals surface area contributed by atoms with E-state index in [1.807, 2.05) is 18.2 Å². The average Bonchev–Trinajstić information content (AvgIpc) is 2.62. The summed E-state index contributed by atoms with van der Waals surface area (Å²) in [4.78, 5) is 3.67. The maximum absolute atomic E-state index is 12.5. The van der Waals surface area contributed by atoms with E-state index < -0.39 is 11.7 Å². The average molecular weight is 343 g/mol. The maximum Gasteiger partial charge on any atom is 0.417 e. The Balaban J connectivity index is 1.70. The van der Waals surface area contributed by atoms with Crippen LogP contribution in [0.2, 0.25) is 0 Å². The van der Waals surface area contributed by atoms with Crippen LogP contribution in [-0.2, 0) is 6.18 Å². The lowest BCUT2D eigenvalue weighted by Gasteiger charge is -2.14.